The quantitative estimate of drug-likeness (QED) is 0.611. The van der Waals surface area contributed by atoms with E-state index in [0.29, 0.717) is 24.1 Å². The number of aromatic nitrogens is 1. The van der Waals surface area contributed by atoms with Gasteiger partial charge in [-0.2, -0.15) is 0 Å². The van der Waals surface area contributed by atoms with E-state index in [1.165, 1.54) is 23.2 Å². The molecule has 1 fully saturated rings. The van der Waals surface area contributed by atoms with E-state index < -0.39 is 16.8 Å². The summed E-state index contributed by atoms with van der Waals surface area (Å²) in [5.41, 5.74) is -2.04. The van der Waals surface area contributed by atoms with Crippen molar-refractivity contribution in [3.05, 3.63) is 37.2 Å². The summed E-state index contributed by atoms with van der Waals surface area (Å²) in [6.45, 7) is 2.70. The highest BCUT2D eigenvalue weighted by molar-refractivity contribution is 7.15. The molecule has 0 spiro atoms. The molecule has 1 aromatic heterocycles. The Morgan fingerprint density at radius 1 is 1.67 bits per heavy atom. The van der Waals surface area contributed by atoms with E-state index in [1.807, 2.05) is 0 Å². The number of aliphatic hydroxyl groups is 2. The zero-order valence-electron chi connectivity index (χ0n) is 11.1. The molecule has 2 atom stereocenters. The second kappa shape index (κ2) is 4.80. The Balaban J connectivity index is 1.96. The first-order valence-electron chi connectivity index (χ1n) is 6.24. The maximum atomic E-state index is 11.2. The second-order valence-corrected chi connectivity index (χ2v) is 6.81. The van der Waals surface area contributed by atoms with Crippen LogP contribution in [-0.2, 0) is 6.54 Å². The van der Waals surface area contributed by atoms with E-state index >= 15 is 0 Å². The molecule has 0 bridgehead atoms. The van der Waals surface area contributed by atoms with E-state index in [-0.39, 0.29) is 11.5 Å². The van der Waals surface area contributed by atoms with E-state index in [0.717, 1.165) is 4.88 Å². The molecule has 3 rings (SSSR count). The van der Waals surface area contributed by atoms with Crippen LogP contribution in [0.15, 0.2) is 17.7 Å². The predicted molar refractivity (Wildman–Crippen MR) is 74.9 cm³/mol. The third-order valence-electron chi connectivity index (χ3n) is 3.77. The van der Waals surface area contributed by atoms with Crippen LogP contribution < -0.4 is 0 Å². The van der Waals surface area contributed by atoms with Crippen LogP contribution in [0.1, 0.15) is 11.8 Å². The zero-order chi connectivity index (χ0) is 15.4. The first kappa shape index (κ1) is 14.5. The van der Waals surface area contributed by atoms with Gasteiger partial charge in [0.25, 0.3) is 0 Å². The van der Waals surface area contributed by atoms with E-state index in [4.69, 9.17) is 11.6 Å². The fraction of sp³-hybridized carbons (Fsp3) is 0.545. The molecule has 2 N–H and O–H groups in total. The molecule has 3 heterocycles. The van der Waals surface area contributed by atoms with Crippen molar-refractivity contribution < 1.29 is 15.1 Å². The van der Waals surface area contributed by atoms with Crippen molar-refractivity contribution in [3.8, 4) is 0 Å². The lowest BCUT2D eigenvalue weighted by Gasteiger charge is -2.30. The molecule has 0 amide bonds. The van der Waals surface area contributed by atoms with Crippen LogP contribution in [0.3, 0.4) is 0 Å². The van der Waals surface area contributed by atoms with Crippen molar-refractivity contribution in [2.75, 3.05) is 13.1 Å². The average Bonchev–Trinajstić information content (AvgIpc) is 3.01. The number of nitro groups is 1. The molecule has 2 unspecified atom stereocenters. The van der Waals surface area contributed by atoms with Crippen molar-refractivity contribution in [3.63, 3.8) is 0 Å². The molecule has 8 nitrogen and oxygen atoms in total. The third kappa shape index (κ3) is 2.16. The largest absolute Gasteiger partial charge is 0.378 e. The molecule has 2 aliphatic rings. The molecule has 0 radical (unpaired) electrons. The minimum atomic E-state index is -1.67. The van der Waals surface area contributed by atoms with Crippen molar-refractivity contribution in [2.24, 2.45) is 0 Å². The van der Waals surface area contributed by atoms with Gasteiger partial charge in [0.15, 0.2) is 22.1 Å². The van der Waals surface area contributed by atoms with Crippen LogP contribution in [0, 0.1) is 10.1 Å². The van der Waals surface area contributed by atoms with E-state index in [1.54, 1.807) is 11.1 Å². The van der Waals surface area contributed by atoms with Gasteiger partial charge in [0, 0.05) is 24.2 Å². The van der Waals surface area contributed by atoms with Crippen LogP contribution in [-0.4, -0.2) is 54.8 Å². The Hall–Kier alpha value is -1.42. The van der Waals surface area contributed by atoms with Gasteiger partial charge in [0.1, 0.15) is 0 Å². The molecule has 21 heavy (non-hydrogen) atoms. The van der Waals surface area contributed by atoms with E-state index in [2.05, 4.69) is 4.98 Å². The summed E-state index contributed by atoms with van der Waals surface area (Å²) in [6.07, 6.45) is 0.0707. The molecule has 1 saturated heterocycles. The van der Waals surface area contributed by atoms with Crippen molar-refractivity contribution in [2.45, 2.75) is 25.3 Å². The number of fused-ring (bicyclic) bond motifs is 1. The van der Waals surface area contributed by atoms with Gasteiger partial charge in [0.2, 0.25) is 0 Å². The summed E-state index contributed by atoms with van der Waals surface area (Å²) in [6, 6.07) is 0. The number of rotatable bonds is 3. The van der Waals surface area contributed by atoms with Crippen LogP contribution >= 0.6 is 22.9 Å². The Morgan fingerprint density at radius 3 is 2.95 bits per heavy atom. The summed E-state index contributed by atoms with van der Waals surface area (Å²) >= 11 is 7.08. The fourth-order valence-electron chi connectivity index (χ4n) is 2.75. The van der Waals surface area contributed by atoms with Crippen LogP contribution in [0.5, 0.6) is 0 Å². The van der Waals surface area contributed by atoms with Crippen molar-refractivity contribution in [1.29, 1.82) is 0 Å². The molecule has 1 aromatic rings. The Kier molecular flexibility index (Phi) is 3.32. The minimum absolute atomic E-state index is 0.266. The van der Waals surface area contributed by atoms with Gasteiger partial charge in [-0.25, -0.2) is 4.98 Å². The SMILES string of the molecule is CC1(O)C(O)C([N+](=O)[O-])=C2N(Cc3cnc(Cl)s3)CCN21. The number of halogens is 1. The molecule has 114 valence electrons. The van der Waals surface area contributed by atoms with Gasteiger partial charge < -0.3 is 20.0 Å². The van der Waals surface area contributed by atoms with Crippen molar-refractivity contribution in [1.82, 2.24) is 14.8 Å². The smallest absolute Gasteiger partial charge is 0.319 e. The number of aliphatic hydroxyl groups excluding tert-OH is 1. The highest BCUT2D eigenvalue weighted by Gasteiger charge is 2.58. The topological polar surface area (TPSA) is 103 Å². The molecule has 2 aliphatic heterocycles. The van der Waals surface area contributed by atoms with Crippen molar-refractivity contribution >= 4 is 22.9 Å². The molecular weight excluding hydrogens is 320 g/mol. The summed E-state index contributed by atoms with van der Waals surface area (Å²) < 4.78 is 0.406. The molecule has 0 saturated carbocycles. The monoisotopic (exact) mass is 332 g/mol. The first-order valence-corrected chi connectivity index (χ1v) is 7.43. The standard InChI is InChI=1S/C11H13ClN4O4S/c1-11(18)8(17)7(16(19)20)9-14(2-3-15(9)11)5-6-4-13-10(12)21-6/h4,8,17-18H,2-3,5H2,1H3. The summed E-state index contributed by atoms with van der Waals surface area (Å²) in [5.74, 6) is 0.266. The van der Waals surface area contributed by atoms with E-state index in [9.17, 15) is 20.3 Å². The molecular formula is C11H13ClN4O4S. The lowest BCUT2D eigenvalue weighted by molar-refractivity contribution is -0.439. The molecule has 0 aliphatic carbocycles. The lowest BCUT2D eigenvalue weighted by atomic mass is 10.1. The summed E-state index contributed by atoms with van der Waals surface area (Å²) in [4.78, 5) is 18.6. The number of nitrogens with zero attached hydrogens (tertiary/aromatic N) is 4. The lowest BCUT2D eigenvalue weighted by Crippen LogP contribution is -2.48. The molecule has 10 heteroatoms. The van der Waals surface area contributed by atoms with Crippen LogP contribution in [0.25, 0.3) is 0 Å². The minimum Gasteiger partial charge on any atom is -0.378 e. The van der Waals surface area contributed by atoms with Gasteiger partial charge in [-0.3, -0.25) is 10.1 Å². The fourth-order valence-corrected chi connectivity index (χ4v) is 3.75. The summed E-state index contributed by atoms with van der Waals surface area (Å²) in [5, 5.41) is 31.6. The number of hydrogen-bond donors (Lipinski definition) is 2. The van der Waals surface area contributed by atoms with Gasteiger partial charge in [0.05, 0.1) is 11.5 Å². The highest BCUT2D eigenvalue weighted by Crippen LogP contribution is 2.41. The van der Waals surface area contributed by atoms with Gasteiger partial charge in [-0.05, 0) is 6.92 Å². The highest BCUT2D eigenvalue weighted by atomic mass is 35.5. The average molecular weight is 333 g/mol. The Bertz CT molecular complexity index is 631. The summed E-state index contributed by atoms with van der Waals surface area (Å²) in [7, 11) is 0. The number of thiazole rings is 1. The van der Waals surface area contributed by atoms with Gasteiger partial charge in [-0.1, -0.05) is 11.6 Å². The van der Waals surface area contributed by atoms with Crippen LogP contribution in [0.2, 0.25) is 4.47 Å². The maximum Gasteiger partial charge on any atom is 0.319 e. The van der Waals surface area contributed by atoms with Gasteiger partial charge >= 0.3 is 5.70 Å². The maximum absolute atomic E-state index is 11.2. The Labute approximate surface area is 129 Å². The second-order valence-electron chi connectivity index (χ2n) is 5.12. The Morgan fingerprint density at radius 2 is 2.38 bits per heavy atom. The first-order chi connectivity index (χ1) is 9.82. The van der Waals surface area contributed by atoms with Gasteiger partial charge in [-0.15, -0.1) is 11.3 Å². The third-order valence-corrected chi connectivity index (χ3v) is 4.87. The normalized spacial score (nSPS) is 28.5. The van der Waals surface area contributed by atoms with Crippen LogP contribution in [0.4, 0.5) is 0 Å². The number of hydrogen-bond acceptors (Lipinski definition) is 8. The molecule has 0 aromatic carbocycles. The zero-order valence-corrected chi connectivity index (χ0v) is 12.6. The predicted octanol–water partition coefficient (Wildman–Crippen LogP) is 0.443.